The molecule has 3 N–H and O–H groups in total. The second-order valence-corrected chi connectivity index (χ2v) is 3.68. The van der Waals surface area contributed by atoms with E-state index >= 15 is 0 Å². The molecule has 0 radical (unpaired) electrons. The lowest BCUT2D eigenvalue weighted by atomic mass is 10.3. The molecule has 0 spiro atoms. The van der Waals surface area contributed by atoms with Crippen LogP contribution in [0, 0.1) is 0 Å². The maximum absolute atomic E-state index is 11.4. The number of carbonyl (C=O) groups is 1. The number of benzene rings is 1. The highest BCUT2D eigenvalue weighted by Crippen LogP contribution is 2.19. The Kier molecular flexibility index (Phi) is 5.29. The van der Waals surface area contributed by atoms with Gasteiger partial charge < -0.3 is 20.5 Å². The van der Waals surface area contributed by atoms with Crippen LogP contribution in [-0.4, -0.2) is 32.3 Å². The highest BCUT2D eigenvalue weighted by molar-refractivity contribution is 5.77. The highest BCUT2D eigenvalue weighted by Gasteiger charge is 2.06. The molecule has 0 aliphatic heterocycles. The van der Waals surface area contributed by atoms with Crippen molar-refractivity contribution in [3.8, 4) is 5.75 Å². The lowest BCUT2D eigenvalue weighted by molar-refractivity contribution is -0.123. The minimum absolute atomic E-state index is 0.0132. The van der Waals surface area contributed by atoms with E-state index in [9.17, 15) is 4.79 Å². The maximum Gasteiger partial charge on any atom is 0.258 e. The lowest BCUT2D eigenvalue weighted by Gasteiger charge is -2.12. The fourth-order valence-corrected chi connectivity index (χ4v) is 1.15. The molecule has 0 heterocycles. The number of nitrogens with two attached hydrogens (primary N) is 1. The summed E-state index contributed by atoms with van der Waals surface area (Å²) < 4.78 is 10.3. The molecule has 5 heteroatoms. The Morgan fingerprint density at radius 3 is 2.82 bits per heavy atom. The molecular weight excluding hydrogens is 220 g/mol. The molecule has 1 aromatic rings. The summed E-state index contributed by atoms with van der Waals surface area (Å²) >= 11 is 0. The van der Waals surface area contributed by atoms with Crippen LogP contribution < -0.4 is 15.8 Å². The van der Waals surface area contributed by atoms with Crippen LogP contribution in [0.2, 0.25) is 0 Å². The third-order valence-electron chi connectivity index (χ3n) is 2.27. The minimum atomic E-state index is -0.197. The molecule has 1 aromatic carbocycles. The van der Waals surface area contributed by atoms with Gasteiger partial charge in [0.15, 0.2) is 6.61 Å². The molecule has 1 atom stereocenters. The van der Waals surface area contributed by atoms with Crippen LogP contribution in [0.1, 0.15) is 6.92 Å². The predicted molar refractivity (Wildman–Crippen MR) is 65.8 cm³/mol. The van der Waals surface area contributed by atoms with Gasteiger partial charge in [-0.2, -0.15) is 0 Å². The Morgan fingerprint density at radius 2 is 2.18 bits per heavy atom. The van der Waals surface area contributed by atoms with Gasteiger partial charge in [-0.15, -0.1) is 0 Å². The molecule has 0 saturated heterocycles. The van der Waals surface area contributed by atoms with Gasteiger partial charge in [-0.3, -0.25) is 4.79 Å². The van der Waals surface area contributed by atoms with Gasteiger partial charge in [0, 0.05) is 13.7 Å². The van der Waals surface area contributed by atoms with Crippen molar-refractivity contribution in [3.05, 3.63) is 24.3 Å². The first-order valence-electron chi connectivity index (χ1n) is 5.40. The summed E-state index contributed by atoms with van der Waals surface area (Å²) in [6, 6.07) is 7.06. The predicted octanol–water partition coefficient (Wildman–Crippen LogP) is 0.799. The molecule has 1 unspecified atom stereocenters. The molecular formula is C12H18N2O3. The minimum Gasteiger partial charge on any atom is -0.482 e. The van der Waals surface area contributed by atoms with E-state index in [1.807, 2.05) is 13.0 Å². The third kappa shape index (κ3) is 4.74. The van der Waals surface area contributed by atoms with Crippen molar-refractivity contribution in [1.82, 2.24) is 5.32 Å². The number of nitrogen functional groups attached to an aromatic ring is 1. The van der Waals surface area contributed by atoms with E-state index in [-0.39, 0.29) is 18.6 Å². The smallest absolute Gasteiger partial charge is 0.258 e. The summed E-state index contributed by atoms with van der Waals surface area (Å²) in [4.78, 5) is 11.4. The van der Waals surface area contributed by atoms with Gasteiger partial charge in [-0.1, -0.05) is 12.1 Å². The molecule has 1 rings (SSSR count). The van der Waals surface area contributed by atoms with Crippen LogP contribution in [-0.2, 0) is 9.53 Å². The molecule has 0 bridgehead atoms. The first kappa shape index (κ1) is 13.3. The Balaban J connectivity index is 2.31. The number of anilines is 1. The number of amides is 1. The second kappa shape index (κ2) is 6.75. The first-order chi connectivity index (χ1) is 8.13. The fraction of sp³-hybridized carbons (Fsp3) is 0.417. The molecule has 1 amide bonds. The molecule has 0 fully saturated rings. The van der Waals surface area contributed by atoms with E-state index in [0.29, 0.717) is 18.0 Å². The van der Waals surface area contributed by atoms with E-state index in [2.05, 4.69) is 5.32 Å². The van der Waals surface area contributed by atoms with Crippen LogP contribution in [0.5, 0.6) is 5.75 Å². The largest absolute Gasteiger partial charge is 0.482 e. The van der Waals surface area contributed by atoms with E-state index in [1.54, 1.807) is 25.3 Å². The van der Waals surface area contributed by atoms with E-state index in [4.69, 9.17) is 15.2 Å². The van der Waals surface area contributed by atoms with Crippen LogP contribution in [0.15, 0.2) is 24.3 Å². The quantitative estimate of drug-likeness (QED) is 0.719. The van der Waals surface area contributed by atoms with Gasteiger partial charge in [-0.05, 0) is 19.1 Å². The summed E-state index contributed by atoms with van der Waals surface area (Å²) in [6.07, 6.45) is -0.0132. The van der Waals surface area contributed by atoms with Crippen LogP contribution in [0.3, 0.4) is 0 Å². The molecule has 0 aliphatic carbocycles. The van der Waals surface area contributed by atoms with Gasteiger partial charge >= 0.3 is 0 Å². The molecule has 0 aromatic heterocycles. The van der Waals surface area contributed by atoms with Gasteiger partial charge in [0.1, 0.15) is 5.75 Å². The molecule has 5 nitrogen and oxygen atoms in total. The summed E-state index contributed by atoms with van der Waals surface area (Å²) in [5.41, 5.74) is 6.19. The zero-order valence-electron chi connectivity index (χ0n) is 10.1. The van der Waals surface area contributed by atoms with Crippen LogP contribution in [0.25, 0.3) is 0 Å². The number of nitrogens with one attached hydrogen (secondary N) is 1. The zero-order chi connectivity index (χ0) is 12.7. The molecule has 0 aliphatic rings. The van der Waals surface area contributed by atoms with Crippen molar-refractivity contribution >= 4 is 11.6 Å². The van der Waals surface area contributed by atoms with Gasteiger partial charge in [0.05, 0.1) is 11.8 Å². The van der Waals surface area contributed by atoms with Gasteiger partial charge in [-0.25, -0.2) is 0 Å². The fourth-order valence-electron chi connectivity index (χ4n) is 1.15. The van der Waals surface area contributed by atoms with E-state index in [1.165, 1.54) is 0 Å². The monoisotopic (exact) mass is 238 g/mol. The van der Waals surface area contributed by atoms with Crippen molar-refractivity contribution < 1.29 is 14.3 Å². The van der Waals surface area contributed by atoms with Crippen molar-refractivity contribution in [2.45, 2.75) is 13.0 Å². The number of methoxy groups -OCH3 is 1. The van der Waals surface area contributed by atoms with Crippen molar-refractivity contribution in [1.29, 1.82) is 0 Å². The maximum atomic E-state index is 11.4. The molecule has 0 saturated carbocycles. The second-order valence-electron chi connectivity index (χ2n) is 3.68. The standard InChI is InChI=1S/C12H18N2O3/c1-9(16-2)7-14-12(15)8-17-11-6-4-3-5-10(11)13/h3-6,9H,7-8,13H2,1-2H3,(H,14,15). The number of rotatable bonds is 6. The van der Waals surface area contributed by atoms with Gasteiger partial charge in [0.2, 0.25) is 0 Å². The number of carbonyl (C=O) groups excluding carboxylic acids is 1. The number of para-hydroxylation sites is 2. The van der Waals surface area contributed by atoms with Crippen molar-refractivity contribution in [2.75, 3.05) is 26.0 Å². The van der Waals surface area contributed by atoms with E-state index < -0.39 is 0 Å². The van der Waals surface area contributed by atoms with Crippen molar-refractivity contribution in [3.63, 3.8) is 0 Å². The average Bonchev–Trinajstić information content (AvgIpc) is 2.35. The first-order valence-corrected chi connectivity index (χ1v) is 5.40. The molecule has 17 heavy (non-hydrogen) atoms. The van der Waals surface area contributed by atoms with Gasteiger partial charge in [0.25, 0.3) is 5.91 Å². The Bertz CT molecular complexity index is 369. The number of hydrogen-bond acceptors (Lipinski definition) is 4. The molecule has 94 valence electrons. The average molecular weight is 238 g/mol. The summed E-state index contributed by atoms with van der Waals surface area (Å²) in [5, 5.41) is 2.69. The van der Waals surface area contributed by atoms with Crippen LogP contribution >= 0.6 is 0 Å². The zero-order valence-corrected chi connectivity index (χ0v) is 10.1. The third-order valence-corrected chi connectivity index (χ3v) is 2.27. The summed E-state index contributed by atoms with van der Waals surface area (Å²) in [6.45, 7) is 2.28. The topological polar surface area (TPSA) is 73.6 Å². The Morgan fingerprint density at radius 1 is 1.47 bits per heavy atom. The van der Waals surface area contributed by atoms with Crippen molar-refractivity contribution in [2.24, 2.45) is 0 Å². The SMILES string of the molecule is COC(C)CNC(=O)COc1ccccc1N. The lowest BCUT2D eigenvalue weighted by Crippen LogP contribution is -2.34. The summed E-state index contributed by atoms with van der Waals surface area (Å²) in [7, 11) is 1.60. The van der Waals surface area contributed by atoms with Crippen LogP contribution in [0.4, 0.5) is 5.69 Å². The van der Waals surface area contributed by atoms with E-state index in [0.717, 1.165) is 0 Å². The Labute approximate surface area is 101 Å². The Hall–Kier alpha value is -1.75. The number of hydrogen-bond donors (Lipinski definition) is 2. The highest BCUT2D eigenvalue weighted by atomic mass is 16.5. The normalized spacial score (nSPS) is 11.9. The number of ether oxygens (including phenoxy) is 2. The summed E-state index contributed by atoms with van der Waals surface area (Å²) in [5.74, 6) is 0.319.